The Morgan fingerprint density at radius 2 is 2.12 bits per heavy atom. The lowest BCUT2D eigenvalue weighted by molar-refractivity contribution is -0.0248. The minimum absolute atomic E-state index is 0.0302. The van der Waals surface area contributed by atoms with Crippen molar-refractivity contribution in [1.29, 1.82) is 0 Å². The molecule has 6 heteroatoms. The highest BCUT2D eigenvalue weighted by Crippen LogP contribution is 2.22. The maximum atomic E-state index is 12.9. The van der Waals surface area contributed by atoms with Gasteiger partial charge in [-0.05, 0) is 25.1 Å². The van der Waals surface area contributed by atoms with Gasteiger partial charge in [-0.2, -0.15) is 0 Å². The second-order valence-corrected chi connectivity index (χ2v) is 6.06. The van der Waals surface area contributed by atoms with Gasteiger partial charge in [0, 0.05) is 24.3 Å². The van der Waals surface area contributed by atoms with Crippen LogP contribution in [0, 0.1) is 6.92 Å². The Kier molecular flexibility index (Phi) is 4.11. The fourth-order valence-electron chi connectivity index (χ4n) is 3.04. The number of amides is 1. The number of morpholine rings is 1. The SMILES string of the molecule is Cc1nccc(C2CN(C(=O)c3cnc4ccccc4c3)CCO2)n1. The van der Waals surface area contributed by atoms with Gasteiger partial charge >= 0.3 is 0 Å². The lowest BCUT2D eigenvalue weighted by Crippen LogP contribution is -2.42. The Balaban J connectivity index is 1.56. The Labute approximate surface area is 145 Å². The average molecular weight is 334 g/mol. The standard InChI is InChI=1S/C19H18N4O2/c1-13-20-7-6-17(22-13)18-12-23(8-9-25-18)19(24)15-10-14-4-2-3-5-16(14)21-11-15/h2-7,10-11,18H,8-9,12H2,1H3. The van der Waals surface area contributed by atoms with E-state index < -0.39 is 0 Å². The van der Waals surface area contributed by atoms with Gasteiger partial charge in [-0.25, -0.2) is 9.97 Å². The minimum atomic E-state index is -0.229. The smallest absolute Gasteiger partial charge is 0.255 e. The van der Waals surface area contributed by atoms with E-state index in [1.807, 2.05) is 43.3 Å². The van der Waals surface area contributed by atoms with Gasteiger partial charge in [-0.1, -0.05) is 18.2 Å². The minimum Gasteiger partial charge on any atom is -0.368 e. The first-order valence-corrected chi connectivity index (χ1v) is 8.26. The van der Waals surface area contributed by atoms with E-state index in [1.165, 1.54) is 0 Å². The Morgan fingerprint density at radius 3 is 3.00 bits per heavy atom. The summed E-state index contributed by atoms with van der Waals surface area (Å²) < 4.78 is 5.81. The van der Waals surface area contributed by atoms with Crippen LogP contribution in [-0.2, 0) is 4.74 Å². The number of para-hydroxylation sites is 1. The molecule has 1 atom stereocenters. The summed E-state index contributed by atoms with van der Waals surface area (Å²) in [5, 5.41) is 0.963. The Morgan fingerprint density at radius 1 is 1.24 bits per heavy atom. The first-order valence-electron chi connectivity index (χ1n) is 8.26. The van der Waals surface area contributed by atoms with Crippen LogP contribution in [0.25, 0.3) is 10.9 Å². The average Bonchev–Trinajstić information content (AvgIpc) is 2.67. The molecule has 126 valence electrons. The zero-order chi connectivity index (χ0) is 17.2. The summed E-state index contributed by atoms with van der Waals surface area (Å²) in [5.74, 6) is 0.667. The van der Waals surface area contributed by atoms with E-state index in [-0.39, 0.29) is 12.0 Å². The molecule has 2 aromatic heterocycles. The largest absolute Gasteiger partial charge is 0.368 e. The lowest BCUT2D eigenvalue weighted by Gasteiger charge is -2.32. The zero-order valence-corrected chi connectivity index (χ0v) is 13.9. The molecule has 1 saturated heterocycles. The molecule has 1 amide bonds. The van der Waals surface area contributed by atoms with Gasteiger partial charge in [-0.15, -0.1) is 0 Å². The van der Waals surface area contributed by atoms with Crippen LogP contribution >= 0.6 is 0 Å². The third-order valence-corrected chi connectivity index (χ3v) is 4.32. The maximum absolute atomic E-state index is 12.9. The number of benzene rings is 1. The van der Waals surface area contributed by atoms with Crippen molar-refractivity contribution >= 4 is 16.8 Å². The van der Waals surface area contributed by atoms with Crippen molar-refractivity contribution in [2.24, 2.45) is 0 Å². The van der Waals surface area contributed by atoms with Crippen LogP contribution in [0.2, 0.25) is 0 Å². The molecule has 0 spiro atoms. The lowest BCUT2D eigenvalue weighted by atomic mass is 10.1. The summed E-state index contributed by atoms with van der Waals surface area (Å²) >= 11 is 0. The summed E-state index contributed by atoms with van der Waals surface area (Å²) in [6.45, 7) is 3.37. The van der Waals surface area contributed by atoms with Crippen LogP contribution in [0.4, 0.5) is 0 Å². The van der Waals surface area contributed by atoms with Crippen molar-refractivity contribution in [3.05, 3.63) is 65.9 Å². The normalized spacial score (nSPS) is 17.6. The van der Waals surface area contributed by atoms with Gasteiger partial charge in [0.2, 0.25) is 0 Å². The summed E-state index contributed by atoms with van der Waals surface area (Å²) in [6, 6.07) is 11.5. The molecule has 3 aromatic rings. The van der Waals surface area contributed by atoms with Gasteiger partial charge in [0.1, 0.15) is 11.9 Å². The number of aromatic nitrogens is 3. The van der Waals surface area contributed by atoms with Crippen molar-refractivity contribution in [3.63, 3.8) is 0 Å². The zero-order valence-electron chi connectivity index (χ0n) is 13.9. The third kappa shape index (κ3) is 3.21. The van der Waals surface area contributed by atoms with E-state index in [9.17, 15) is 4.79 Å². The molecule has 25 heavy (non-hydrogen) atoms. The van der Waals surface area contributed by atoms with Crippen LogP contribution < -0.4 is 0 Å². The molecule has 4 rings (SSSR count). The molecule has 0 saturated carbocycles. The van der Waals surface area contributed by atoms with Gasteiger partial charge in [0.15, 0.2) is 0 Å². The quantitative estimate of drug-likeness (QED) is 0.720. The predicted octanol–water partition coefficient (Wildman–Crippen LogP) is 2.55. The molecular formula is C19H18N4O2. The van der Waals surface area contributed by atoms with Crippen LogP contribution in [0.3, 0.4) is 0 Å². The second-order valence-electron chi connectivity index (χ2n) is 6.06. The van der Waals surface area contributed by atoms with E-state index in [4.69, 9.17) is 4.74 Å². The molecule has 1 fully saturated rings. The first-order chi connectivity index (χ1) is 12.2. The highest BCUT2D eigenvalue weighted by Gasteiger charge is 2.27. The van der Waals surface area contributed by atoms with Crippen molar-refractivity contribution in [2.75, 3.05) is 19.7 Å². The monoisotopic (exact) mass is 334 g/mol. The fourth-order valence-corrected chi connectivity index (χ4v) is 3.04. The first kappa shape index (κ1) is 15.7. The maximum Gasteiger partial charge on any atom is 0.255 e. The van der Waals surface area contributed by atoms with E-state index in [0.717, 1.165) is 16.6 Å². The summed E-state index contributed by atoms with van der Waals surface area (Å²) in [6.07, 6.45) is 3.13. The number of pyridine rings is 1. The molecule has 0 aliphatic carbocycles. The Bertz CT molecular complexity index is 928. The van der Waals surface area contributed by atoms with Crippen molar-refractivity contribution in [2.45, 2.75) is 13.0 Å². The molecule has 0 N–H and O–H groups in total. The summed E-state index contributed by atoms with van der Waals surface area (Å²) in [5.41, 5.74) is 2.29. The topological polar surface area (TPSA) is 68.2 Å². The van der Waals surface area contributed by atoms with Crippen LogP contribution in [-0.4, -0.2) is 45.5 Å². The number of hydrogen-bond acceptors (Lipinski definition) is 5. The highest BCUT2D eigenvalue weighted by molar-refractivity contribution is 5.97. The number of ether oxygens (including phenoxy) is 1. The molecule has 1 unspecified atom stereocenters. The second kappa shape index (κ2) is 6.57. The van der Waals surface area contributed by atoms with E-state index >= 15 is 0 Å². The van der Waals surface area contributed by atoms with Gasteiger partial charge in [0.25, 0.3) is 5.91 Å². The highest BCUT2D eigenvalue weighted by atomic mass is 16.5. The van der Waals surface area contributed by atoms with E-state index in [0.29, 0.717) is 31.1 Å². The van der Waals surface area contributed by atoms with Crippen molar-refractivity contribution < 1.29 is 9.53 Å². The summed E-state index contributed by atoms with van der Waals surface area (Å²) in [7, 11) is 0. The molecule has 0 bridgehead atoms. The van der Waals surface area contributed by atoms with Gasteiger partial charge < -0.3 is 9.64 Å². The van der Waals surface area contributed by atoms with E-state index in [2.05, 4.69) is 15.0 Å². The number of rotatable bonds is 2. The predicted molar refractivity (Wildman–Crippen MR) is 93.1 cm³/mol. The molecule has 0 radical (unpaired) electrons. The van der Waals surface area contributed by atoms with Gasteiger partial charge in [0.05, 0.1) is 29.9 Å². The Hall–Kier alpha value is -2.86. The van der Waals surface area contributed by atoms with E-state index in [1.54, 1.807) is 17.3 Å². The van der Waals surface area contributed by atoms with Crippen LogP contribution in [0.15, 0.2) is 48.8 Å². The third-order valence-electron chi connectivity index (χ3n) is 4.32. The fraction of sp³-hybridized carbons (Fsp3) is 0.263. The molecule has 1 aliphatic rings. The number of carbonyl (C=O) groups excluding carboxylic acids is 1. The molecule has 6 nitrogen and oxygen atoms in total. The molecule has 1 aromatic carbocycles. The van der Waals surface area contributed by atoms with Crippen LogP contribution in [0.5, 0.6) is 0 Å². The molecule has 3 heterocycles. The number of hydrogen-bond donors (Lipinski definition) is 0. The number of carbonyl (C=O) groups is 1. The molecular weight excluding hydrogens is 316 g/mol. The van der Waals surface area contributed by atoms with Gasteiger partial charge in [-0.3, -0.25) is 9.78 Å². The number of fused-ring (bicyclic) bond motifs is 1. The summed E-state index contributed by atoms with van der Waals surface area (Å²) in [4.78, 5) is 27.6. The number of aryl methyl sites for hydroxylation is 1. The van der Waals surface area contributed by atoms with Crippen molar-refractivity contribution in [1.82, 2.24) is 19.9 Å². The van der Waals surface area contributed by atoms with Crippen molar-refractivity contribution in [3.8, 4) is 0 Å². The van der Waals surface area contributed by atoms with Crippen LogP contribution in [0.1, 0.15) is 28.0 Å². The molecule has 1 aliphatic heterocycles. The number of nitrogens with zero attached hydrogens (tertiary/aromatic N) is 4.